The number of aromatic nitrogens is 3. The predicted molar refractivity (Wildman–Crippen MR) is 126 cm³/mol. The normalized spacial score (nSPS) is 14.2. The zero-order valence-corrected chi connectivity index (χ0v) is 18.7. The third-order valence-corrected chi connectivity index (χ3v) is 5.98. The van der Waals surface area contributed by atoms with E-state index < -0.39 is 0 Å². The van der Waals surface area contributed by atoms with E-state index in [-0.39, 0.29) is 0 Å². The van der Waals surface area contributed by atoms with Crippen LogP contribution in [0.2, 0.25) is 0 Å². The number of hydrazine groups is 1. The topological polar surface area (TPSA) is 78.2 Å². The van der Waals surface area contributed by atoms with E-state index in [2.05, 4.69) is 37.0 Å². The van der Waals surface area contributed by atoms with Gasteiger partial charge >= 0.3 is 0 Å². The lowest BCUT2D eigenvalue weighted by molar-refractivity contribution is 0.0372. The molecule has 0 aliphatic carbocycles. The molecule has 3 heterocycles. The van der Waals surface area contributed by atoms with Gasteiger partial charge in [-0.25, -0.2) is 20.0 Å². The highest BCUT2D eigenvalue weighted by atomic mass is 79.9. The Labute approximate surface area is 194 Å². The van der Waals surface area contributed by atoms with Crippen molar-refractivity contribution in [2.24, 2.45) is 0 Å². The predicted octanol–water partition coefficient (Wildman–Crippen LogP) is 4.71. The molecule has 0 bridgehead atoms. The molecule has 5 rings (SSSR count). The van der Waals surface area contributed by atoms with Gasteiger partial charge in [-0.05, 0) is 29.8 Å². The van der Waals surface area contributed by atoms with Crippen molar-refractivity contribution in [3.63, 3.8) is 0 Å². The Hall–Kier alpha value is -3.38. The van der Waals surface area contributed by atoms with Gasteiger partial charge < -0.3 is 4.74 Å². The number of nitrogens with zero attached hydrogens (tertiary/aromatic N) is 6. The molecule has 0 amide bonds. The number of rotatable bonds is 4. The molecule has 1 fully saturated rings. The summed E-state index contributed by atoms with van der Waals surface area (Å²) < 4.78 is 6.43. The van der Waals surface area contributed by atoms with Crippen molar-refractivity contribution >= 4 is 38.6 Å². The molecular formula is C24H19BrN6O. The van der Waals surface area contributed by atoms with E-state index in [4.69, 9.17) is 9.72 Å². The standard InChI is InChI=1S/C24H19BrN6O/c25-21-9-5-4-8-19(21)20-14-17-16-27-24(29-23(17)28-22(20)15-26)31(18-6-2-1-3-7-18)30-10-12-32-13-11-30/h1-9,14,16H,10-13H2. The van der Waals surface area contributed by atoms with Crippen LogP contribution in [0.5, 0.6) is 0 Å². The Morgan fingerprint density at radius 3 is 2.47 bits per heavy atom. The molecule has 0 spiro atoms. The Balaban J connectivity index is 1.62. The van der Waals surface area contributed by atoms with Gasteiger partial charge in [0.05, 0.1) is 18.9 Å². The van der Waals surface area contributed by atoms with Crippen molar-refractivity contribution < 1.29 is 4.74 Å². The number of pyridine rings is 1. The van der Waals surface area contributed by atoms with E-state index in [1.54, 1.807) is 6.20 Å². The fourth-order valence-electron chi connectivity index (χ4n) is 3.75. The number of hydrogen-bond acceptors (Lipinski definition) is 7. The summed E-state index contributed by atoms with van der Waals surface area (Å²) in [7, 11) is 0. The summed E-state index contributed by atoms with van der Waals surface area (Å²) in [5.74, 6) is 0.510. The fraction of sp³-hybridized carbons (Fsp3) is 0.167. The van der Waals surface area contributed by atoms with Crippen molar-refractivity contribution in [3.8, 4) is 17.2 Å². The van der Waals surface area contributed by atoms with E-state index in [1.165, 1.54) is 0 Å². The molecule has 0 saturated carbocycles. The molecule has 158 valence electrons. The largest absolute Gasteiger partial charge is 0.379 e. The summed E-state index contributed by atoms with van der Waals surface area (Å²) in [6, 6.07) is 21.9. The van der Waals surface area contributed by atoms with Crippen LogP contribution >= 0.6 is 15.9 Å². The number of ether oxygens (including phenoxy) is 1. The first-order valence-electron chi connectivity index (χ1n) is 10.2. The molecular weight excluding hydrogens is 468 g/mol. The quantitative estimate of drug-likeness (QED) is 0.413. The van der Waals surface area contributed by atoms with E-state index >= 15 is 0 Å². The highest BCUT2D eigenvalue weighted by Gasteiger charge is 2.24. The minimum atomic E-state index is 0.326. The van der Waals surface area contributed by atoms with E-state index in [0.717, 1.165) is 39.8 Å². The van der Waals surface area contributed by atoms with Gasteiger partial charge in [0.15, 0.2) is 11.3 Å². The Kier molecular flexibility index (Phi) is 5.77. The van der Waals surface area contributed by atoms with Crippen LogP contribution in [0.3, 0.4) is 0 Å². The molecule has 0 atom stereocenters. The number of halogens is 1. The molecule has 2 aromatic carbocycles. The maximum Gasteiger partial charge on any atom is 0.247 e. The highest BCUT2D eigenvalue weighted by Crippen LogP contribution is 2.32. The van der Waals surface area contributed by atoms with Gasteiger partial charge in [-0.2, -0.15) is 10.2 Å². The van der Waals surface area contributed by atoms with Gasteiger partial charge in [-0.1, -0.05) is 52.3 Å². The van der Waals surface area contributed by atoms with Crippen molar-refractivity contribution in [2.45, 2.75) is 0 Å². The Morgan fingerprint density at radius 1 is 0.969 bits per heavy atom. The van der Waals surface area contributed by atoms with E-state index in [0.29, 0.717) is 30.5 Å². The van der Waals surface area contributed by atoms with E-state index in [9.17, 15) is 5.26 Å². The minimum absolute atomic E-state index is 0.326. The van der Waals surface area contributed by atoms with Crippen LogP contribution in [0.15, 0.2) is 71.3 Å². The number of anilines is 2. The molecule has 2 aromatic heterocycles. The van der Waals surface area contributed by atoms with Crippen molar-refractivity contribution in [3.05, 3.63) is 77.0 Å². The van der Waals surface area contributed by atoms with Crippen LogP contribution in [0.25, 0.3) is 22.2 Å². The number of benzene rings is 2. The van der Waals surface area contributed by atoms with Crippen LogP contribution < -0.4 is 5.01 Å². The lowest BCUT2D eigenvalue weighted by atomic mass is 10.0. The van der Waals surface area contributed by atoms with Crippen molar-refractivity contribution in [1.29, 1.82) is 5.26 Å². The summed E-state index contributed by atoms with van der Waals surface area (Å²) in [5, 5.41) is 14.7. The number of nitriles is 1. The summed E-state index contributed by atoms with van der Waals surface area (Å²) in [6.45, 7) is 2.74. The minimum Gasteiger partial charge on any atom is -0.379 e. The number of fused-ring (bicyclic) bond motifs is 1. The maximum absolute atomic E-state index is 9.79. The second-order valence-electron chi connectivity index (χ2n) is 7.27. The van der Waals surface area contributed by atoms with Gasteiger partial charge in [0.2, 0.25) is 5.95 Å². The molecule has 1 saturated heterocycles. The summed E-state index contributed by atoms with van der Waals surface area (Å²) in [5.41, 5.74) is 3.42. The second kappa shape index (κ2) is 9.01. The van der Waals surface area contributed by atoms with Crippen LogP contribution in [-0.2, 0) is 4.74 Å². The number of hydrogen-bond donors (Lipinski definition) is 0. The highest BCUT2D eigenvalue weighted by molar-refractivity contribution is 9.10. The van der Waals surface area contributed by atoms with Crippen molar-refractivity contribution in [1.82, 2.24) is 20.0 Å². The van der Waals surface area contributed by atoms with Crippen LogP contribution in [0.4, 0.5) is 11.6 Å². The van der Waals surface area contributed by atoms with Gasteiger partial charge in [-0.3, -0.25) is 0 Å². The first kappa shape index (κ1) is 20.5. The average Bonchev–Trinajstić information content (AvgIpc) is 2.85. The fourth-order valence-corrected chi connectivity index (χ4v) is 4.25. The average molecular weight is 487 g/mol. The third kappa shape index (κ3) is 3.94. The van der Waals surface area contributed by atoms with Crippen LogP contribution in [-0.4, -0.2) is 46.3 Å². The smallest absolute Gasteiger partial charge is 0.247 e. The summed E-state index contributed by atoms with van der Waals surface area (Å²) >= 11 is 3.57. The molecule has 0 unspecified atom stereocenters. The summed E-state index contributed by atoms with van der Waals surface area (Å²) in [6.07, 6.45) is 1.77. The second-order valence-corrected chi connectivity index (χ2v) is 8.13. The van der Waals surface area contributed by atoms with Gasteiger partial charge in [0.1, 0.15) is 6.07 Å². The van der Waals surface area contributed by atoms with Gasteiger partial charge in [-0.15, -0.1) is 0 Å². The molecule has 7 nitrogen and oxygen atoms in total. The Bertz CT molecular complexity index is 1300. The maximum atomic E-state index is 9.79. The zero-order chi connectivity index (χ0) is 21.9. The lowest BCUT2D eigenvalue weighted by Gasteiger charge is -2.37. The van der Waals surface area contributed by atoms with Gasteiger partial charge in [0, 0.05) is 34.7 Å². The van der Waals surface area contributed by atoms with E-state index in [1.807, 2.05) is 65.7 Å². The van der Waals surface area contributed by atoms with Crippen LogP contribution in [0, 0.1) is 11.3 Å². The monoisotopic (exact) mass is 486 g/mol. The molecule has 0 radical (unpaired) electrons. The van der Waals surface area contributed by atoms with Crippen molar-refractivity contribution in [2.75, 3.05) is 31.3 Å². The van der Waals surface area contributed by atoms with Gasteiger partial charge in [0.25, 0.3) is 0 Å². The SMILES string of the molecule is N#Cc1nc2nc(N(c3ccccc3)N3CCOCC3)ncc2cc1-c1ccccc1Br. The molecule has 4 aromatic rings. The van der Waals surface area contributed by atoms with Crippen LogP contribution in [0.1, 0.15) is 5.69 Å². The zero-order valence-electron chi connectivity index (χ0n) is 17.1. The molecule has 0 N–H and O–H groups in total. The first-order valence-corrected chi connectivity index (χ1v) is 11.0. The molecule has 1 aliphatic heterocycles. The Morgan fingerprint density at radius 2 is 1.72 bits per heavy atom. The number of morpholine rings is 1. The molecule has 1 aliphatic rings. The molecule has 8 heteroatoms. The summed E-state index contributed by atoms with van der Waals surface area (Å²) in [4.78, 5) is 14.0. The first-order chi connectivity index (χ1) is 15.7. The third-order valence-electron chi connectivity index (χ3n) is 5.29. The lowest BCUT2D eigenvalue weighted by Crippen LogP contribution is -2.47. The number of para-hydroxylation sites is 1. The molecule has 32 heavy (non-hydrogen) atoms.